The molecule has 0 fully saturated rings. The predicted octanol–water partition coefficient (Wildman–Crippen LogP) is 4.32. The van der Waals surface area contributed by atoms with Gasteiger partial charge in [-0.1, -0.05) is 12.1 Å². The number of nitrogens with zero attached hydrogens (tertiary/aromatic N) is 4. The molecular formula is C25H21N5O3S. The standard InChI is InChI=1S/C25H21N5O3S/c1-2-33-20-8-6-17(7-9-20)21-10-11-24(32)30(28-21)16-23(31)26-19-5-3-4-18(14-19)22-15-29-12-13-34-25(29)27-22/h3-15H,2,16H2,1H3,(H,26,31). The van der Waals surface area contributed by atoms with Crippen molar-refractivity contribution in [2.45, 2.75) is 13.5 Å². The summed E-state index contributed by atoms with van der Waals surface area (Å²) in [6, 6.07) is 17.9. The second-order valence-corrected chi connectivity index (χ2v) is 8.39. The highest BCUT2D eigenvalue weighted by Gasteiger charge is 2.11. The second-order valence-electron chi connectivity index (χ2n) is 7.52. The number of amides is 1. The molecule has 5 rings (SSSR count). The van der Waals surface area contributed by atoms with Crippen LogP contribution < -0.4 is 15.6 Å². The van der Waals surface area contributed by atoms with Crippen molar-refractivity contribution in [3.8, 4) is 28.3 Å². The van der Waals surface area contributed by atoms with Crippen molar-refractivity contribution >= 4 is 27.9 Å². The maximum atomic E-state index is 12.7. The van der Waals surface area contributed by atoms with Crippen molar-refractivity contribution < 1.29 is 9.53 Å². The van der Waals surface area contributed by atoms with E-state index in [-0.39, 0.29) is 18.0 Å². The topological polar surface area (TPSA) is 90.5 Å². The number of nitrogens with one attached hydrogen (secondary N) is 1. The highest BCUT2D eigenvalue weighted by Crippen LogP contribution is 2.24. The first kappa shape index (κ1) is 21.6. The van der Waals surface area contributed by atoms with Gasteiger partial charge in [0.15, 0.2) is 4.96 Å². The van der Waals surface area contributed by atoms with Crippen LogP contribution in [0.3, 0.4) is 0 Å². The van der Waals surface area contributed by atoms with Crippen LogP contribution in [0.1, 0.15) is 6.92 Å². The lowest BCUT2D eigenvalue weighted by molar-refractivity contribution is -0.117. The number of ether oxygens (including phenoxy) is 1. The van der Waals surface area contributed by atoms with Gasteiger partial charge in [0.05, 0.1) is 18.0 Å². The van der Waals surface area contributed by atoms with Gasteiger partial charge in [-0.15, -0.1) is 11.3 Å². The quantitative estimate of drug-likeness (QED) is 0.382. The predicted molar refractivity (Wildman–Crippen MR) is 132 cm³/mol. The maximum Gasteiger partial charge on any atom is 0.267 e. The lowest BCUT2D eigenvalue weighted by atomic mass is 10.1. The van der Waals surface area contributed by atoms with E-state index in [0.29, 0.717) is 18.0 Å². The summed E-state index contributed by atoms with van der Waals surface area (Å²) in [5.41, 5.74) is 3.40. The monoisotopic (exact) mass is 471 g/mol. The largest absolute Gasteiger partial charge is 0.494 e. The van der Waals surface area contributed by atoms with Crippen LogP contribution in [0, 0.1) is 0 Å². The van der Waals surface area contributed by atoms with Crippen LogP contribution in [-0.4, -0.2) is 31.7 Å². The smallest absolute Gasteiger partial charge is 0.267 e. The summed E-state index contributed by atoms with van der Waals surface area (Å²) in [4.78, 5) is 30.5. The lowest BCUT2D eigenvalue weighted by Crippen LogP contribution is -2.29. The number of rotatable bonds is 7. The summed E-state index contributed by atoms with van der Waals surface area (Å²) in [6.07, 6.45) is 3.90. The molecule has 0 aliphatic rings. The molecule has 0 saturated carbocycles. The zero-order valence-electron chi connectivity index (χ0n) is 18.3. The molecule has 0 spiro atoms. The number of carbonyl (C=O) groups excluding carboxylic acids is 1. The molecule has 0 saturated heterocycles. The van der Waals surface area contributed by atoms with Gasteiger partial charge in [0.2, 0.25) is 5.91 Å². The van der Waals surface area contributed by atoms with Crippen LogP contribution >= 0.6 is 11.3 Å². The fraction of sp³-hybridized carbons (Fsp3) is 0.120. The number of imidazole rings is 1. The van der Waals surface area contributed by atoms with Crippen molar-refractivity contribution in [2.75, 3.05) is 11.9 Å². The molecule has 0 bridgehead atoms. The van der Waals surface area contributed by atoms with Gasteiger partial charge in [-0.05, 0) is 49.4 Å². The minimum Gasteiger partial charge on any atom is -0.494 e. The van der Waals surface area contributed by atoms with E-state index in [4.69, 9.17) is 4.74 Å². The van der Waals surface area contributed by atoms with Crippen LogP contribution in [0.5, 0.6) is 5.75 Å². The first-order valence-corrected chi connectivity index (χ1v) is 11.6. The Morgan fingerprint density at radius 3 is 2.71 bits per heavy atom. The van der Waals surface area contributed by atoms with E-state index in [1.54, 1.807) is 23.5 Å². The molecule has 8 nitrogen and oxygen atoms in total. The Morgan fingerprint density at radius 2 is 1.91 bits per heavy atom. The first-order chi connectivity index (χ1) is 16.6. The average molecular weight is 472 g/mol. The van der Waals surface area contributed by atoms with Gasteiger partial charge in [-0.2, -0.15) is 5.10 Å². The van der Waals surface area contributed by atoms with Gasteiger partial charge in [0, 0.05) is 40.7 Å². The second kappa shape index (κ2) is 9.32. The molecule has 2 aromatic carbocycles. The number of anilines is 1. The Morgan fingerprint density at radius 1 is 1.06 bits per heavy atom. The third-order valence-corrected chi connectivity index (χ3v) is 5.93. The average Bonchev–Trinajstić information content (AvgIpc) is 3.44. The number of fused-ring (bicyclic) bond motifs is 1. The molecule has 5 aromatic rings. The van der Waals surface area contributed by atoms with E-state index >= 15 is 0 Å². The summed E-state index contributed by atoms with van der Waals surface area (Å²) in [7, 11) is 0. The molecule has 0 aliphatic carbocycles. The molecule has 3 heterocycles. The molecule has 3 aromatic heterocycles. The number of carbonyl (C=O) groups is 1. The highest BCUT2D eigenvalue weighted by molar-refractivity contribution is 7.15. The molecule has 34 heavy (non-hydrogen) atoms. The number of aromatic nitrogens is 4. The van der Waals surface area contributed by atoms with E-state index < -0.39 is 0 Å². The molecule has 1 N–H and O–H groups in total. The number of hydrogen-bond donors (Lipinski definition) is 1. The van der Waals surface area contributed by atoms with E-state index in [1.807, 2.05) is 71.6 Å². The van der Waals surface area contributed by atoms with Gasteiger partial charge in [0.25, 0.3) is 5.56 Å². The molecule has 0 radical (unpaired) electrons. The lowest BCUT2D eigenvalue weighted by Gasteiger charge is -2.09. The fourth-order valence-electron chi connectivity index (χ4n) is 3.56. The summed E-state index contributed by atoms with van der Waals surface area (Å²) >= 11 is 1.56. The van der Waals surface area contributed by atoms with Crippen LogP contribution in [0.4, 0.5) is 5.69 Å². The number of hydrogen-bond acceptors (Lipinski definition) is 6. The normalized spacial score (nSPS) is 11.0. The Balaban J connectivity index is 1.31. The third kappa shape index (κ3) is 4.60. The van der Waals surface area contributed by atoms with Crippen molar-refractivity contribution in [1.29, 1.82) is 0 Å². The van der Waals surface area contributed by atoms with E-state index in [2.05, 4.69) is 15.4 Å². The fourth-order valence-corrected chi connectivity index (χ4v) is 4.26. The van der Waals surface area contributed by atoms with Crippen molar-refractivity contribution in [3.05, 3.63) is 88.8 Å². The van der Waals surface area contributed by atoms with Crippen LogP contribution in [0.15, 0.2) is 83.2 Å². The molecule has 1 amide bonds. The minimum absolute atomic E-state index is 0.200. The zero-order chi connectivity index (χ0) is 23.5. The molecule has 0 atom stereocenters. The van der Waals surface area contributed by atoms with Gasteiger partial charge >= 0.3 is 0 Å². The molecule has 9 heteroatoms. The van der Waals surface area contributed by atoms with Gasteiger partial charge in [-0.25, -0.2) is 9.67 Å². The summed E-state index contributed by atoms with van der Waals surface area (Å²) in [6.45, 7) is 2.31. The van der Waals surface area contributed by atoms with Crippen molar-refractivity contribution in [3.63, 3.8) is 0 Å². The van der Waals surface area contributed by atoms with E-state index in [1.165, 1.54) is 6.07 Å². The molecule has 0 unspecified atom stereocenters. The van der Waals surface area contributed by atoms with Crippen molar-refractivity contribution in [2.24, 2.45) is 0 Å². The Hall–Kier alpha value is -4.24. The van der Waals surface area contributed by atoms with Crippen LogP contribution in [0.25, 0.3) is 27.5 Å². The van der Waals surface area contributed by atoms with Crippen LogP contribution in [0.2, 0.25) is 0 Å². The summed E-state index contributed by atoms with van der Waals surface area (Å²) < 4.78 is 8.58. The third-order valence-electron chi connectivity index (χ3n) is 5.16. The molecule has 170 valence electrons. The number of thiazole rings is 1. The van der Waals surface area contributed by atoms with Gasteiger partial charge < -0.3 is 10.1 Å². The van der Waals surface area contributed by atoms with Gasteiger partial charge in [-0.3, -0.25) is 14.0 Å². The Bertz CT molecular complexity index is 1490. The summed E-state index contributed by atoms with van der Waals surface area (Å²) in [5, 5.41) is 9.20. The SMILES string of the molecule is CCOc1ccc(-c2ccc(=O)n(CC(=O)Nc3cccc(-c4cn5ccsc5n4)c3)n2)cc1. The Labute approximate surface area is 199 Å². The van der Waals surface area contributed by atoms with Crippen LogP contribution in [-0.2, 0) is 11.3 Å². The zero-order valence-corrected chi connectivity index (χ0v) is 19.2. The first-order valence-electron chi connectivity index (χ1n) is 10.7. The van der Waals surface area contributed by atoms with Crippen molar-refractivity contribution in [1.82, 2.24) is 19.2 Å². The molecular weight excluding hydrogens is 450 g/mol. The summed E-state index contributed by atoms with van der Waals surface area (Å²) in [5.74, 6) is 0.415. The molecule has 0 aliphatic heterocycles. The van der Waals surface area contributed by atoms with Gasteiger partial charge in [0.1, 0.15) is 12.3 Å². The highest BCUT2D eigenvalue weighted by atomic mass is 32.1. The Kier molecular flexibility index (Phi) is 5.92. The maximum absolute atomic E-state index is 12.7. The van der Waals surface area contributed by atoms with E-state index in [0.717, 1.165) is 32.2 Å². The van der Waals surface area contributed by atoms with E-state index in [9.17, 15) is 9.59 Å². The number of benzene rings is 2. The minimum atomic E-state index is -0.350.